The number of halogens is 2. The Kier molecular flexibility index (Phi) is 4.21. The summed E-state index contributed by atoms with van der Waals surface area (Å²) in [7, 11) is 0. The highest BCUT2D eigenvalue weighted by Crippen LogP contribution is 2.24. The van der Waals surface area contributed by atoms with Gasteiger partial charge in [-0.2, -0.15) is 0 Å². The summed E-state index contributed by atoms with van der Waals surface area (Å²) in [6.07, 6.45) is 1.59. The van der Waals surface area contributed by atoms with Crippen LogP contribution >= 0.6 is 0 Å². The maximum absolute atomic E-state index is 13.4. The van der Waals surface area contributed by atoms with Crippen LogP contribution in [0.3, 0.4) is 0 Å². The molecular weight excluding hydrogens is 196 g/mol. The highest BCUT2D eigenvalue weighted by Gasteiger charge is 2.14. The molecule has 84 valence electrons. The number of benzene rings is 1. The van der Waals surface area contributed by atoms with Gasteiger partial charge in [-0.15, -0.1) is 0 Å². The molecule has 0 saturated heterocycles. The molecule has 2 N–H and O–H groups in total. The standard InChI is InChI=1S/C12H17F2N/c1-8(6-7-9(2)15)10-4-3-5-11(13)12(10)14/h3-5,8-9H,6-7,15H2,1-2H3. The van der Waals surface area contributed by atoms with Crippen LogP contribution < -0.4 is 5.73 Å². The molecule has 1 nitrogen and oxygen atoms in total. The zero-order valence-electron chi connectivity index (χ0n) is 9.13. The molecule has 15 heavy (non-hydrogen) atoms. The minimum atomic E-state index is -0.778. The largest absolute Gasteiger partial charge is 0.328 e. The summed E-state index contributed by atoms with van der Waals surface area (Å²) in [6.45, 7) is 3.80. The van der Waals surface area contributed by atoms with E-state index in [9.17, 15) is 8.78 Å². The molecule has 1 aromatic rings. The van der Waals surface area contributed by atoms with Gasteiger partial charge in [0.2, 0.25) is 0 Å². The first-order valence-electron chi connectivity index (χ1n) is 5.22. The number of hydrogen-bond acceptors (Lipinski definition) is 1. The van der Waals surface area contributed by atoms with Crippen molar-refractivity contribution in [1.82, 2.24) is 0 Å². The van der Waals surface area contributed by atoms with Crippen molar-refractivity contribution in [1.29, 1.82) is 0 Å². The van der Waals surface area contributed by atoms with Crippen LogP contribution in [0.5, 0.6) is 0 Å². The Morgan fingerprint density at radius 2 is 1.87 bits per heavy atom. The zero-order chi connectivity index (χ0) is 11.4. The van der Waals surface area contributed by atoms with E-state index in [0.29, 0.717) is 5.56 Å². The third-order valence-corrected chi connectivity index (χ3v) is 2.57. The van der Waals surface area contributed by atoms with Crippen molar-refractivity contribution in [2.45, 2.75) is 38.6 Å². The predicted molar refractivity (Wildman–Crippen MR) is 57.7 cm³/mol. The zero-order valence-corrected chi connectivity index (χ0v) is 9.13. The van der Waals surface area contributed by atoms with E-state index in [4.69, 9.17) is 5.73 Å². The molecule has 0 saturated carbocycles. The lowest BCUT2D eigenvalue weighted by Crippen LogP contribution is -2.15. The minimum Gasteiger partial charge on any atom is -0.328 e. The molecule has 2 atom stereocenters. The molecule has 0 aromatic heterocycles. The summed E-state index contributed by atoms with van der Waals surface area (Å²) in [5.41, 5.74) is 6.06. The van der Waals surface area contributed by atoms with Crippen molar-refractivity contribution in [3.63, 3.8) is 0 Å². The van der Waals surface area contributed by atoms with Crippen molar-refractivity contribution < 1.29 is 8.78 Å². The third-order valence-electron chi connectivity index (χ3n) is 2.57. The highest BCUT2D eigenvalue weighted by atomic mass is 19.2. The fourth-order valence-corrected chi connectivity index (χ4v) is 1.57. The smallest absolute Gasteiger partial charge is 0.162 e. The van der Waals surface area contributed by atoms with E-state index in [0.717, 1.165) is 18.9 Å². The van der Waals surface area contributed by atoms with Crippen molar-refractivity contribution in [2.24, 2.45) is 5.73 Å². The van der Waals surface area contributed by atoms with Crippen LogP contribution in [-0.4, -0.2) is 6.04 Å². The van der Waals surface area contributed by atoms with Gasteiger partial charge in [0.05, 0.1) is 0 Å². The van der Waals surface area contributed by atoms with Crippen molar-refractivity contribution in [3.8, 4) is 0 Å². The first-order chi connectivity index (χ1) is 7.02. The first-order valence-corrected chi connectivity index (χ1v) is 5.22. The molecule has 1 aromatic carbocycles. The van der Waals surface area contributed by atoms with Crippen LogP contribution in [0.25, 0.3) is 0 Å². The van der Waals surface area contributed by atoms with E-state index in [-0.39, 0.29) is 12.0 Å². The van der Waals surface area contributed by atoms with Crippen LogP contribution in [0.4, 0.5) is 8.78 Å². The summed E-state index contributed by atoms with van der Waals surface area (Å²) in [5, 5.41) is 0. The second-order valence-electron chi connectivity index (χ2n) is 4.10. The Morgan fingerprint density at radius 3 is 2.47 bits per heavy atom. The van der Waals surface area contributed by atoms with E-state index in [1.807, 2.05) is 13.8 Å². The van der Waals surface area contributed by atoms with Gasteiger partial charge < -0.3 is 5.73 Å². The molecule has 0 bridgehead atoms. The maximum Gasteiger partial charge on any atom is 0.162 e. The summed E-state index contributed by atoms with van der Waals surface area (Å²) < 4.78 is 26.3. The van der Waals surface area contributed by atoms with E-state index in [1.165, 1.54) is 6.07 Å². The SMILES string of the molecule is CC(N)CCC(C)c1cccc(F)c1F. The van der Waals surface area contributed by atoms with Gasteiger partial charge in [0, 0.05) is 6.04 Å². The second-order valence-corrected chi connectivity index (χ2v) is 4.10. The minimum absolute atomic E-state index is 0.00620. The molecular formula is C12H17F2N. The van der Waals surface area contributed by atoms with E-state index in [1.54, 1.807) is 6.07 Å². The van der Waals surface area contributed by atoms with Crippen LogP contribution in [0.1, 0.15) is 38.2 Å². The van der Waals surface area contributed by atoms with Gasteiger partial charge in [0.25, 0.3) is 0 Å². The van der Waals surface area contributed by atoms with Crippen molar-refractivity contribution in [2.75, 3.05) is 0 Å². The van der Waals surface area contributed by atoms with Gasteiger partial charge in [-0.25, -0.2) is 8.78 Å². The molecule has 2 unspecified atom stereocenters. The van der Waals surface area contributed by atoms with Gasteiger partial charge in [-0.3, -0.25) is 0 Å². The quantitative estimate of drug-likeness (QED) is 0.816. The molecule has 0 aliphatic carbocycles. The summed E-state index contributed by atoms with van der Waals surface area (Å²) in [4.78, 5) is 0. The monoisotopic (exact) mass is 213 g/mol. The summed E-state index contributed by atoms with van der Waals surface area (Å²) in [6, 6.07) is 4.40. The van der Waals surface area contributed by atoms with E-state index < -0.39 is 11.6 Å². The molecule has 0 aliphatic rings. The van der Waals surface area contributed by atoms with Crippen molar-refractivity contribution in [3.05, 3.63) is 35.4 Å². The van der Waals surface area contributed by atoms with Crippen molar-refractivity contribution >= 4 is 0 Å². The lowest BCUT2D eigenvalue weighted by Gasteiger charge is -2.14. The lowest BCUT2D eigenvalue weighted by molar-refractivity contribution is 0.479. The number of hydrogen-bond donors (Lipinski definition) is 1. The fraction of sp³-hybridized carbons (Fsp3) is 0.500. The molecule has 0 spiro atoms. The van der Waals surface area contributed by atoms with Crippen LogP contribution in [-0.2, 0) is 0 Å². The average molecular weight is 213 g/mol. The van der Waals surface area contributed by atoms with E-state index >= 15 is 0 Å². The van der Waals surface area contributed by atoms with Crippen LogP contribution in [0, 0.1) is 11.6 Å². The van der Waals surface area contributed by atoms with Crippen LogP contribution in [0.2, 0.25) is 0 Å². The summed E-state index contributed by atoms with van der Waals surface area (Å²) in [5.74, 6) is -1.50. The predicted octanol–water partition coefficient (Wildman–Crippen LogP) is 3.20. The van der Waals surface area contributed by atoms with Gasteiger partial charge in [0.15, 0.2) is 11.6 Å². The highest BCUT2D eigenvalue weighted by molar-refractivity contribution is 5.22. The topological polar surface area (TPSA) is 26.0 Å². The third kappa shape index (κ3) is 3.27. The molecule has 0 radical (unpaired) electrons. The lowest BCUT2D eigenvalue weighted by atomic mass is 9.94. The normalized spacial score (nSPS) is 15.0. The Morgan fingerprint density at radius 1 is 1.20 bits per heavy atom. The molecule has 0 heterocycles. The average Bonchev–Trinajstić information content (AvgIpc) is 2.18. The van der Waals surface area contributed by atoms with E-state index in [2.05, 4.69) is 0 Å². The van der Waals surface area contributed by atoms with Gasteiger partial charge >= 0.3 is 0 Å². The Balaban J connectivity index is 2.73. The molecule has 0 aliphatic heterocycles. The summed E-state index contributed by atoms with van der Waals surface area (Å²) >= 11 is 0. The Bertz CT molecular complexity index is 323. The molecule has 0 fully saturated rings. The maximum atomic E-state index is 13.4. The Hall–Kier alpha value is -0.960. The van der Waals surface area contributed by atoms with Gasteiger partial charge in [0.1, 0.15) is 0 Å². The number of rotatable bonds is 4. The molecule has 1 rings (SSSR count). The van der Waals surface area contributed by atoms with Gasteiger partial charge in [-0.1, -0.05) is 19.1 Å². The molecule has 0 amide bonds. The second kappa shape index (κ2) is 5.21. The number of nitrogens with two attached hydrogens (primary N) is 1. The fourth-order valence-electron chi connectivity index (χ4n) is 1.57. The van der Waals surface area contributed by atoms with Crippen LogP contribution in [0.15, 0.2) is 18.2 Å². The Labute approximate surface area is 89.3 Å². The first kappa shape index (κ1) is 12.1. The van der Waals surface area contributed by atoms with Gasteiger partial charge in [-0.05, 0) is 37.3 Å². The molecule has 3 heteroatoms.